The minimum atomic E-state index is -3.40. The average Bonchev–Trinajstić information content (AvgIpc) is 2.11. The van der Waals surface area contributed by atoms with Gasteiger partial charge >= 0.3 is 0 Å². The standard InChI is InChI=1S/C9H20N2O3S/c1-3-5-8(2)9(12)11-6-4-7-15(10,13)14/h8H,3-7H2,1-2H3,(H,11,12)(H2,10,13,14). The summed E-state index contributed by atoms with van der Waals surface area (Å²) in [7, 11) is -3.40. The Balaban J connectivity index is 3.64. The zero-order chi connectivity index (χ0) is 11.9. The van der Waals surface area contributed by atoms with Crippen molar-refractivity contribution < 1.29 is 13.2 Å². The Morgan fingerprint density at radius 3 is 2.53 bits per heavy atom. The smallest absolute Gasteiger partial charge is 0.222 e. The van der Waals surface area contributed by atoms with Crippen LogP contribution in [0.15, 0.2) is 0 Å². The first kappa shape index (κ1) is 14.4. The summed E-state index contributed by atoms with van der Waals surface area (Å²) in [5.41, 5.74) is 0. The van der Waals surface area contributed by atoms with Crippen molar-refractivity contribution in [1.29, 1.82) is 0 Å². The first-order valence-electron chi connectivity index (χ1n) is 5.15. The predicted molar refractivity (Wildman–Crippen MR) is 59.7 cm³/mol. The number of nitrogens with two attached hydrogens (primary N) is 1. The van der Waals surface area contributed by atoms with Crippen molar-refractivity contribution in [3.8, 4) is 0 Å². The summed E-state index contributed by atoms with van der Waals surface area (Å²) in [5.74, 6) is -0.120. The van der Waals surface area contributed by atoms with Gasteiger partial charge in [0, 0.05) is 12.5 Å². The number of amides is 1. The largest absolute Gasteiger partial charge is 0.356 e. The van der Waals surface area contributed by atoms with E-state index in [0.717, 1.165) is 12.8 Å². The number of carbonyl (C=O) groups is 1. The molecule has 5 nitrogen and oxygen atoms in total. The summed E-state index contributed by atoms with van der Waals surface area (Å²) in [6.45, 7) is 4.24. The molecule has 0 aliphatic rings. The molecule has 15 heavy (non-hydrogen) atoms. The van der Waals surface area contributed by atoms with Gasteiger partial charge in [-0.25, -0.2) is 13.6 Å². The molecule has 1 unspecified atom stereocenters. The van der Waals surface area contributed by atoms with Crippen molar-refractivity contribution >= 4 is 15.9 Å². The van der Waals surface area contributed by atoms with Crippen molar-refractivity contribution in [3.63, 3.8) is 0 Å². The van der Waals surface area contributed by atoms with Crippen LogP contribution in [-0.4, -0.2) is 26.6 Å². The molecule has 0 saturated carbocycles. The van der Waals surface area contributed by atoms with Crippen molar-refractivity contribution in [3.05, 3.63) is 0 Å². The fraction of sp³-hybridized carbons (Fsp3) is 0.889. The van der Waals surface area contributed by atoms with E-state index >= 15 is 0 Å². The molecule has 0 radical (unpaired) electrons. The molecule has 6 heteroatoms. The fourth-order valence-electron chi connectivity index (χ4n) is 1.22. The lowest BCUT2D eigenvalue weighted by molar-refractivity contribution is -0.124. The van der Waals surface area contributed by atoms with Gasteiger partial charge in [-0.2, -0.15) is 0 Å². The maximum absolute atomic E-state index is 11.4. The number of hydrogen-bond acceptors (Lipinski definition) is 3. The number of hydrogen-bond donors (Lipinski definition) is 2. The summed E-state index contributed by atoms with van der Waals surface area (Å²) >= 11 is 0. The van der Waals surface area contributed by atoms with Gasteiger partial charge in [0.1, 0.15) is 0 Å². The van der Waals surface area contributed by atoms with E-state index in [4.69, 9.17) is 5.14 Å². The van der Waals surface area contributed by atoms with E-state index in [2.05, 4.69) is 5.32 Å². The lowest BCUT2D eigenvalue weighted by atomic mass is 10.1. The molecule has 0 aliphatic carbocycles. The van der Waals surface area contributed by atoms with E-state index in [9.17, 15) is 13.2 Å². The number of carbonyl (C=O) groups excluding carboxylic acids is 1. The van der Waals surface area contributed by atoms with E-state index < -0.39 is 10.0 Å². The molecule has 0 fully saturated rings. The van der Waals surface area contributed by atoms with Crippen LogP contribution in [0, 0.1) is 5.92 Å². The van der Waals surface area contributed by atoms with Crippen LogP contribution < -0.4 is 10.5 Å². The Hall–Kier alpha value is -0.620. The van der Waals surface area contributed by atoms with Crippen LogP contribution in [0.3, 0.4) is 0 Å². The van der Waals surface area contributed by atoms with E-state index in [1.165, 1.54) is 0 Å². The highest BCUT2D eigenvalue weighted by Gasteiger charge is 2.10. The Labute approximate surface area is 91.5 Å². The summed E-state index contributed by atoms with van der Waals surface area (Å²) in [6.07, 6.45) is 2.18. The number of nitrogens with one attached hydrogen (secondary N) is 1. The molecular formula is C9H20N2O3S. The van der Waals surface area contributed by atoms with Crippen molar-refractivity contribution in [2.45, 2.75) is 33.1 Å². The molecule has 3 N–H and O–H groups in total. The Morgan fingerprint density at radius 2 is 2.07 bits per heavy atom. The van der Waals surface area contributed by atoms with Gasteiger partial charge in [0.15, 0.2) is 0 Å². The van der Waals surface area contributed by atoms with Gasteiger partial charge in [-0.15, -0.1) is 0 Å². The topological polar surface area (TPSA) is 89.3 Å². The van der Waals surface area contributed by atoms with Crippen LogP contribution in [0.4, 0.5) is 0 Å². The summed E-state index contributed by atoms with van der Waals surface area (Å²) < 4.78 is 21.2. The van der Waals surface area contributed by atoms with Gasteiger partial charge in [0.25, 0.3) is 0 Å². The molecule has 0 spiro atoms. The zero-order valence-corrected chi connectivity index (χ0v) is 10.1. The van der Waals surface area contributed by atoms with Crippen LogP contribution in [-0.2, 0) is 14.8 Å². The van der Waals surface area contributed by atoms with E-state index in [-0.39, 0.29) is 17.6 Å². The summed E-state index contributed by atoms with van der Waals surface area (Å²) in [5, 5.41) is 7.50. The molecule has 90 valence electrons. The van der Waals surface area contributed by atoms with E-state index in [0.29, 0.717) is 13.0 Å². The predicted octanol–water partition coefficient (Wildman–Crippen LogP) is 0.217. The van der Waals surface area contributed by atoms with Crippen molar-refractivity contribution in [1.82, 2.24) is 5.32 Å². The molecule has 0 aliphatic heterocycles. The highest BCUT2D eigenvalue weighted by molar-refractivity contribution is 7.89. The third kappa shape index (κ3) is 8.38. The summed E-state index contributed by atoms with van der Waals surface area (Å²) in [4.78, 5) is 11.4. The fourth-order valence-corrected chi connectivity index (χ4v) is 1.77. The van der Waals surface area contributed by atoms with Gasteiger partial charge in [-0.05, 0) is 12.8 Å². The van der Waals surface area contributed by atoms with Crippen LogP contribution in [0.2, 0.25) is 0 Å². The van der Waals surface area contributed by atoms with Gasteiger partial charge in [-0.3, -0.25) is 4.79 Å². The average molecular weight is 236 g/mol. The Kier molecular flexibility index (Phi) is 6.51. The Morgan fingerprint density at radius 1 is 1.47 bits per heavy atom. The molecule has 0 saturated heterocycles. The quantitative estimate of drug-likeness (QED) is 0.619. The van der Waals surface area contributed by atoms with Gasteiger partial charge in [0.2, 0.25) is 15.9 Å². The lowest BCUT2D eigenvalue weighted by Gasteiger charge is -2.10. The molecule has 0 heterocycles. The first-order chi connectivity index (χ1) is 6.87. The molecular weight excluding hydrogens is 216 g/mol. The maximum Gasteiger partial charge on any atom is 0.222 e. The number of rotatable bonds is 7. The molecule has 0 aromatic rings. The van der Waals surface area contributed by atoms with Crippen LogP contribution in [0.25, 0.3) is 0 Å². The number of sulfonamides is 1. The molecule has 0 rings (SSSR count). The second kappa shape index (κ2) is 6.79. The molecule has 0 aromatic heterocycles. The first-order valence-corrected chi connectivity index (χ1v) is 6.86. The van der Waals surface area contributed by atoms with Crippen molar-refractivity contribution in [2.75, 3.05) is 12.3 Å². The normalized spacial score (nSPS) is 13.5. The Bertz CT molecular complexity index is 288. The highest BCUT2D eigenvalue weighted by atomic mass is 32.2. The monoisotopic (exact) mass is 236 g/mol. The number of primary sulfonamides is 1. The van der Waals surface area contributed by atoms with Crippen LogP contribution in [0.5, 0.6) is 0 Å². The van der Waals surface area contributed by atoms with Gasteiger partial charge < -0.3 is 5.32 Å². The summed E-state index contributed by atoms with van der Waals surface area (Å²) in [6, 6.07) is 0. The molecule has 1 atom stereocenters. The lowest BCUT2D eigenvalue weighted by Crippen LogP contribution is -2.31. The molecule has 0 aromatic carbocycles. The second-order valence-corrected chi connectivity index (χ2v) is 5.44. The van der Waals surface area contributed by atoms with E-state index in [1.54, 1.807) is 0 Å². The van der Waals surface area contributed by atoms with Gasteiger partial charge in [-0.1, -0.05) is 20.3 Å². The maximum atomic E-state index is 11.4. The van der Waals surface area contributed by atoms with Crippen LogP contribution >= 0.6 is 0 Å². The minimum absolute atomic E-state index is 0.00974. The zero-order valence-electron chi connectivity index (χ0n) is 9.32. The van der Waals surface area contributed by atoms with E-state index in [1.807, 2.05) is 13.8 Å². The molecule has 1 amide bonds. The molecule has 0 bridgehead atoms. The third-order valence-electron chi connectivity index (χ3n) is 2.07. The van der Waals surface area contributed by atoms with Gasteiger partial charge in [0.05, 0.1) is 5.75 Å². The SMILES string of the molecule is CCCC(C)C(=O)NCCCS(N)(=O)=O. The minimum Gasteiger partial charge on any atom is -0.356 e. The van der Waals surface area contributed by atoms with Crippen molar-refractivity contribution in [2.24, 2.45) is 11.1 Å². The highest BCUT2D eigenvalue weighted by Crippen LogP contribution is 2.04. The third-order valence-corrected chi connectivity index (χ3v) is 2.93. The second-order valence-electron chi connectivity index (χ2n) is 3.70. The van der Waals surface area contributed by atoms with Crippen LogP contribution in [0.1, 0.15) is 33.1 Å².